The van der Waals surface area contributed by atoms with Crippen molar-refractivity contribution in [1.29, 1.82) is 0 Å². The van der Waals surface area contributed by atoms with Crippen molar-refractivity contribution in [2.75, 3.05) is 13.1 Å². The second-order valence-corrected chi connectivity index (χ2v) is 6.11. The molecule has 2 N–H and O–H groups in total. The van der Waals surface area contributed by atoms with E-state index in [9.17, 15) is 4.39 Å². The zero-order valence-corrected chi connectivity index (χ0v) is 11.4. The fourth-order valence-corrected chi connectivity index (χ4v) is 2.82. The number of nitrogens with two attached hydrogens (primary N) is 1. The Balaban J connectivity index is 2.05. The summed E-state index contributed by atoms with van der Waals surface area (Å²) in [6, 6.07) is 5.31. The Labute approximate surface area is 109 Å². The molecule has 0 bridgehead atoms. The van der Waals surface area contributed by atoms with Crippen molar-refractivity contribution in [3.63, 3.8) is 0 Å². The molecule has 2 rings (SSSR count). The van der Waals surface area contributed by atoms with E-state index >= 15 is 0 Å². The number of benzene rings is 1. The van der Waals surface area contributed by atoms with Crippen LogP contribution < -0.4 is 5.73 Å². The lowest BCUT2D eigenvalue weighted by molar-refractivity contribution is 0.111. The summed E-state index contributed by atoms with van der Waals surface area (Å²) in [5, 5.41) is 0. The summed E-state index contributed by atoms with van der Waals surface area (Å²) >= 11 is 0. The Morgan fingerprint density at radius 2 is 2.17 bits per heavy atom. The summed E-state index contributed by atoms with van der Waals surface area (Å²) in [6.45, 7) is 8.05. The third kappa shape index (κ3) is 3.30. The van der Waals surface area contributed by atoms with Crippen molar-refractivity contribution < 1.29 is 4.39 Å². The molecule has 0 spiro atoms. The molecule has 0 unspecified atom stereocenters. The smallest absolute Gasteiger partial charge is 0.127 e. The average molecular weight is 250 g/mol. The van der Waals surface area contributed by atoms with E-state index in [-0.39, 0.29) is 12.4 Å². The molecule has 1 aromatic rings. The summed E-state index contributed by atoms with van der Waals surface area (Å²) in [7, 11) is 0. The van der Waals surface area contributed by atoms with Gasteiger partial charge in [0.2, 0.25) is 0 Å². The molecule has 0 atom stereocenters. The summed E-state index contributed by atoms with van der Waals surface area (Å²) in [4.78, 5) is 2.46. The highest BCUT2D eigenvalue weighted by molar-refractivity contribution is 5.25. The number of rotatable bonds is 3. The minimum absolute atomic E-state index is 0.194. The number of likely N-dealkylation sites (tertiary alicyclic amines) is 1. The molecule has 18 heavy (non-hydrogen) atoms. The van der Waals surface area contributed by atoms with Crippen molar-refractivity contribution >= 4 is 0 Å². The van der Waals surface area contributed by atoms with Gasteiger partial charge in [-0.25, -0.2) is 4.39 Å². The zero-order valence-electron chi connectivity index (χ0n) is 11.4. The molecular weight excluding hydrogens is 227 g/mol. The van der Waals surface area contributed by atoms with Crippen molar-refractivity contribution in [1.82, 2.24) is 4.90 Å². The lowest BCUT2D eigenvalue weighted by Gasteiger charge is -2.38. The Morgan fingerprint density at radius 1 is 1.39 bits per heavy atom. The molecule has 0 radical (unpaired) electrons. The minimum atomic E-state index is -0.194. The maximum Gasteiger partial charge on any atom is 0.127 e. The van der Waals surface area contributed by atoms with Gasteiger partial charge in [-0.3, -0.25) is 4.90 Å². The van der Waals surface area contributed by atoms with Gasteiger partial charge in [0.05, 0.1) is 0 Å². The largest absolute Gasteiger partial charge is 0.326 e. The lowest BCUT2D eigenvalue weighted by atomic mass is 9.84. The van der Waals surface area contributed by atoms with Crippen LogP contribution in [0.1, 0.15) is 37.8 Å². The molecule has 1 aliphatic rings. The Kier molecular flexibility index (Phi) is 4.03. The maximum absolute atomic E-state index is 13.4. The van der Waals surface area contributed by atoms with Crippen LogP contribution in [0.25, 0.3) is 0 Å². The summed E-state index contributed by atoms with van der Waals surface area (Å²) in [6.07, 6.45) is 2.54. The minimum Gasteiger partial charge on any atom is -0.326 e. The first-order chi connectivity index (χ1) is 8.50. The van der Waals surface area contributed by atoms with Crippen molar-refractivity contribution in [3.8, 4) is 0 Å². The van der Waals surface area contributed by atoms with Crippen LogP contribution in [0.3, 0.4) is 0 Å². The van der Waals surface area contributed by atoms with Gasteiger partial charge in [-0.05, 0) is 36.4 Å². The highest BCUT2D eigenvalue weighted by Crippen LogP contribution is 2.29. The zero-order chi connectivity index (χ0) is 13.2. The summed E-state index contributed by atoms with van der Waals surface area (Å²) in [5.41, 5.74) is 7.72. The molecule has 1 saturated heterocycles. The number of nitrogens with zero attached hydrogens (tertiary/aromatic N) is 1. The number of hydrogen-bond donors (Lipinski definition) is 1. The molecule has 1 aliphatic heterocycles. The van der Waals surface area contributed by atoms with E-state index < -0.39 is 0 Å². The molecule has 2 nitrogen and oxygen atoms in total. The summed E-state index contributed by atoms with van der Waals surface area (Å²) in [5.74, 6) is -0.194. The first-order valence-electron chi connectivity index (χ1n) is 6.70. The van der Waals surface area contributed by atoms with Crippen molar-refractivity contribution in [2.45, 2.75) is 39.8 Å². The topological polar surface area (TPSA) is 29.3 Å². The van der Waals surface area contributed by atoms with Crippen LogP contribution in [0.15, 0.2) is 18.2 Å². The Bertz CT molecular complexity index is 415. The van der Waals surface area contributed by atoms with Gasteiger partial charge < -0.3 is 5.73 Å². The first kappa shape index (κ1) is 13.5. The summed E-state index contributed by atoms with van der Waals surface area (Å²) < 4.78 is 13.4. The number of hydrogen-bond acceptors (Lipinski definition) is 2. The monoisotopic (exact) mass is 250 g/mol. The quantitative estimate of drug-likeness (QED) is 0.893. The van der Waals surface area contributed by atoms with E-state index in [1.807, 2.05) is 12.1 Å². The molecule has 100 valence electrons. The van der Waals surface area contributed by atoms with Crippen LogP contribution >= 0.6 is 0 Å². The number of halogens is 1. The molecule has 1 heterocycles. The van der Waals surface area contributed by atoms with Gasteiger partial charge in [0.25, 0.3) is 0 Å². The third-order valence-electron chi connectivity index (χ3n) is 3.72. The lowest BCUT2D eigenvalue weighted by Crippen LogP contribution is -2.39. The van der Waals surface area contributed by atoms with E-state index in [2.05, 4.69) is 18.7 Å². The fraction of sp³-hybridized carbons (Fsp3) is 0.600. The van der Waals surface area contributed by atoms with E-state index in [0.717, 1.165) is 25.2 Å². The van der Waals surface area contributed by atoms with Crippen LogP contribution in [0.5, 0.6) is 0 Å². The predicted octanol–water partition coefficient (Wildman–Crippen LogP) is 2.91. The van der Waals surface area contributed by atoms with Gasteiger partial charge in [-0.2, -0.15) is 0 Å². The van der Waals surface area contributed by atoms with Gasteiger partial charge in [-0.1, -0.05) is 26.0 Å². The molecule has 1 fully saturated rings. The van der Waals surface area contributed by atoms with Crippen molar-refractivity contribution in [2.24, 2.45) is 11.1 Å². The molecule has 0 aliphatic carbocycles. The van der Waals surface area contributed by atoms with E-state index in [0.29, 0.717) is 11.0 Å². The standard InChI is InChI=1S/C15H23FN2/c1-15(2)6-3-7-18(11-15)10-12-4-5-14(16)13(8-12)9-17/h4-5,8H,3,6-7,9-11,17H2,1-2H3. The Hall–Kier alpha value is -0.930. The van der Waals surface area contributed by atoms with Gasteiger partial charge >= 0.3 is 0 Å². The maximum atomic E-state index is 13.4. The van der Waals surface area contributed by atoms with E-state index in [1.165, 1.54) is 18.9 Å². The molecule has 3 heteroatoms. The molecule has 1 aromatic carbocycles. The van der Waals surface area contributed by atoms with Gasteiger partial charge in [0.1, 0.15) is 5.82 Å². The molecular formula is C15H23FN2. The molecule has 0 saturated carbocycles. The average Bonchev–Trinajstić information content (AvgIpc) is 2.30. The normalized spacial score (nSPS) is 20.0. The van der Waals surface area contributed by atoms with Crippen LogP contribution in [-0.2, 0) is 13.1 Å². The predicted molar refractivity (Wildman–Crippen MR) is 72.6 cm³/mol. The third-order valence-corrected chi connectivity index (χ3v) is 3.72. The SMILES string of the molecule is CC1(C)CCCN(Cc2ccc(F)c(CN)c2)C1. The highest BCUT2D eigenvalue weighted by Gasteiger charge is 2.26. The first-order valence-corrected chi connectivity index (χ1v) is 6.70. The van der Waals surface area contributed by atoms with Gasteiger partial charge in [-0.15, -0.1) is 0 Å². The van der Waals surface area contributed by atoms with Crippen LogP contribution in [-0.4, -0.2) is 18.0 Å². The molecule has 0 amide bonds. The fourth-order valence-electron chi connectivity index (χ4n) is 2.82. The van der Waals surface area contributed by atoms with Crippen molar-refractivity contribution in [3.05, 3.63) is 35.1 Å². The second kappa shape index (κ2) is 5.37. The van der Waals surface area contributed by atoms with Crippen LogP contribution in [0.4, 0.5) is 4.39 Å². The van der Waals surface area contributed by atoms with Crippen LogP contribution in [0, 0.1) is 11.2 Å². The van der Waals surface area contributed by atoms with Gasteiger partial charge in [0, 0.05) is 25.2 Å². The van der Waals surface area contributed by atoms with E-state index in [4.69, 9.17) is 5.73 Å². The highest BCUT2D eigenvalue weighted by atomic mass is 19.1. The van der Waals surface area contributed by atoms with Crippen LogP contribution in [0.2, 0.25) is 0 Å². The molecule has 0 aromatic heterocycles. The number of piperidine rings is 1. The second-order valence-electron chi connectivity index (χ2n) is 6.11. The van der Waals surface area contributed by atoms with Gasteiger partial charge in [0.15, 0.2) is 0 Å². The van der Waals surface area contributed by atoms with E-state index in [1.54, 1.807) is 0 Å². The Morgan fingerprint density at radius 3 is 2.83 bits per heavy atom.